The van der Waals surface area contributed by atoms with E-state index in [1.54, 1.807) is 0 Å². The van der Waals surface area contributed by atoms with Gasteiger partial charge in [-0.1, -0.05) is 0 Å². The van der Waals surface area contributed by atoms with E-state index in [1.165, 1.54) is 18.3 Å². The minimum absolute atomic E-state index is 0.207. The Bertz CT molecular complexity index is 589. The highest BCUT2D eigenvalue weighted by molar-refractivity contribution is 7.86. The van der Waals surface area contributed by atoms with Gasteiger partial charge in [0, 0.05) is 45.8 Å². The van der Waals surface area contributed by atoms with Crippen LogP contribution in [0.5, 0.6) is 5.88 Å². The zero-order chi connectivity index (χ0) is 18.4. The average molecular weight is 367 g/mol. The molecule has 1 aromatic rings. The van der Waals surface area contributed by atoms with Crippen molar-refractivity contribution in [3.05, 3.63) is 18.3 Å². The summed E-state index contributed by atoms with van der Waals surface area (Å²) < 4.78 is 52.2. The molecule has 136 valence electrons. The van der Waals surface area contributed by atoms with Crippen molar-refractivity contribution in [3.8, 4) is 5.88 Å². The lowest BCUT2D eigenvalue weighted by Gasteiger charge is -2.17. The molecule has 0 aliphatic rings. The molecule has 1 aromatic heterocycles. The number of carbonyl (C=O) groups is 1. The predicted octanol–water partition coefficient (Wildman–Crippen LogP) is 2.69. The molecule has 0 spiro atoms. The van der Waals surface area contributed by atoms with Crippen molar-refractivity contribution in [2.75, 3.05) is 24.2 Å². The van der Waals surface area contributed by atoms with Gasteiger partial charge in [-0.05, 0) is 26.8 Å². The third-order valence-corrected chi connectivity index (χ3v) is 4.57. The average Bonchev–Trinajstić information content (AvgIpc) is 2.43. The van der Waals surface area contributed by atoms with Gasteiger partial charge in [0.15, 0.2) is 6.61 Å². The SMILES string of the molecule is CC(C)(C)[S@](=O)CCNC(=O)Nc1ccnc(OCC(F)(F)F)c1. The number of nitrogens with zero attached hydrogens (tertiary/aromatic N) is 1. The highest BCUT2D eigenvalue weighted by Gasteiger charge is 2.28. The molecule has 1 rings (SSSR count). The first-order valence-electron chi connectivity index (χ1n) is 7.06. The molecule has 0 fully saturated rings. The summed E-state index contributed by atoms with van der Waals surface area (Å²) in [6.45, 7) is 4.25. The van der Waals surface area contributed by atoms with E-state index >= 15 is 0 Å². The van der Waals surface area contributed by atoms with E-state index in [0.717, 1.165) is 0 Å². The van der Waals surface area contributed by atoms with Crippen LogP contribution in [0.15, 0.2) is 18.3 Å². The lowest BCUT2D eigenvalue weighted by Crippen LogP contribution is -2.35. The molecule has 1 atom stereocenters. The van der Waals surface area contributed by atoms with E-state index in [1.807, 2.05) is 20.8 Å². The summed E-state index contributed by atoms with van der Waals surface area (Å²) >= 11 is 0. The molecule has 0 bridgehead atoms. The molecule has 24 heavy (non-hydrogen) atoms. The monoisotopic (exact) mass is 367 g/mol. The molecule has 1 heterocycles. The molecule has 10 heteroatoms. The summed E-state index contributed by atoms with van der Waals surface area (Å²) in [6.07, 6.45) is -3.25. The summed E-state index contributed by atoms with van der Waals surface area (Å²) in [5.74, 6) is 0.0479. The summed E-state index contributed by atoms with van der Waals surface area (Å²) in [7, 11) is -1.09. The number of pyridine rings is 1. The number of urea groups is 1. The van der Waals surface area contributed by atoms with Crippen LogP contribution in [-0.4, -0.2) is 45.1 Å². The Morgan fingerprint density at radius 2 is 2.00 bits per heavy atom. The zero-order valence-electron chi connectivity index (χ0n) is 13.6. The molecule has 0 aromatic carbocycles. The Morgan fingerprint density at radius 3 is 2.58 bits per heavy atom. The number of aromatic nitrogens is 1. The molecule has 0 saturated heterocycles. The Labute approximate surface area is 140 Å². The van der Waals surface area contributed by atoms with Crippen molar-refractivity contribution in [1.82, 2.24) is 10.3 Å². The van der Waals surface area contributed by atoms with E-state index in [4.69, 9.17) is 0 Å². The van der Waals surface area contributed by atoms with E-state index in [9.17, 15) is 22.2 Å². The number of anilines is 1. The number of amides is 2. The molecule has 0 radical (unpaired) electrons. The second-order valence-electron chi connectivity index (χ2n) is 5.83. The molecule has 2 amide bonds. The first-order valence-corrected chi connectivity index (χ1v) is 8.38. The zero-order valence-corrected chi connectivity index (χ0v) is 14.4. The molecule has 0 aliphatic carbocycles. The highest BCUT2D eigenvalue weighted by Crippen LogP contribution is 2.19. The van der Waals surface area contributed by atoms with Crippen molar-refractivity contribution in [1.29, 1.82) is 0 Å². The molecule has 0 aliphatic heterocycles. The van der Waals surface area contributed by atoms with Crippen molar-refractivity contribution in [2.45, 2.75) is 31.7 Å². The van der Waals surface area contributed by atoms with Crippen LogP contribution in [0.2, 0.25) is 0 Å². The maximum atomic E-state index is 12.1. The third-order valence-electron chi connectivity index (χ3n) is 2.63. The Balaban J connectivity index is 2.46. The first-order chi connectivity index (χ1) is 11.0. The van der Waals surface area contributed by atoms with Crippen LogP contribution in [-0.2, 0) is 10.8 Å². The minimum Gasteiger partial charge on any atom is -0.468 e. The lowest BCUT2D eigenvalue weighted by molar-refractivity contribution is -0.154. The van der Waals surface area contributed by atoms with E-state index in [0.29, 0.717) is 5.75 Å². The molecule has 0 unspecified atom stereocenters. The summed E-state index contributed by atoms with van der Waals surface area (Å²) in [6, 6.07) is 2.03. The molecule has 0 saturated carbocycles. The van der Waals surface area contributed by atoms with Crippen LogP contribution in [0.1, 0.15) is 20.8 Å². The summed E-state index contributed by atoms with van der Waals surface area (Å²) in [5.41, 5.74) is 0.233. The van der Waals surface area contributed by atoms with Gasteiger partial charge >= 0.3 is 12.2 Å². The maximum Gasteiger partial charge on any atom is 0.422 e. The smallest absolute Gasteiger partial charge is 0.422 e. The fourth-order valence-electron chi connectivity index (χ4n) is 1.46. The number of hydrogen-bond acceptors (Lipinski definition) is 4. The van der Waals surface area contributed by atoms with E-state index in [2.05, 4.69) is 20.4 Å². The van der Waals surface area contributed by atoms with Gasteiger partial charge in [-0.15, -0.1) is 0 Å². The number of halogens is 3. The summed E-state index contributed by atoms with van der Waals surface area (Å²) in [4.78, 5) is 15.3. The Hall–Kier alpha value is -1.84. The van der Waals surface area contributed by atoms with Crippen molar-refractivity contribution >= 4 is 22.5 Å². The fraction of sp³-hybridized carbons (Fsp3) is 0.571. The third kappa shape index (κ3) is 8.14. The minimum atomic E-state index is -4.47. The van der Waals surface area contributed by atoms with Gasteiger partial charge in [-0.25, -0.2) is 9.78 Å². The lowest BCUT2D eigenvalue weighted by atomic mass is 10.3. The number of nitrogens with one attached hydrogen (secondary N) is 2. The Morgan fingerprint density at radius 1 is 1.33 bits per heavy atom. The van der Waals surface area contributed by atoms with Gasteiger partial charge < -0.3 is 15.4 Å². The van der Waals surface area contributed by atoms with E-state index in [-0.39, 0.29) is 22.9 Å². The Kier molecular flexibility index (Phi) is 7.00. The van der Waals surface area contributed by atoms with Crippen molar-refractivity contribution < 1.29 is 26.9 Å². The number of hydrogen-bond donors (Lipinski definition) is 2. The van der Waals surface area contributed by atoms with E-state index < -0.39 is 29.6 Å². The molecule has 2 N–H and O–H groups in total. The highest BCUT2D eigenvalue weighted by atomic mass is 32.2. The van der Waals surface area contributed by atoms with Crippen LogP contribution in [0.3, 0.4) is 0 Å². The quantitative estimate of drug-likeness (QED) is 0.810. The standard InChI is InChI=1S/C14H20F3N3O3S/c1-13(2,3)24(22)7-6-19-12(21)20-10-4-5-18-11(8-10)23-9-14(15,16)17/h4-5,8H,6-7,9H2,1-3H3,(H2,18,19,20,21)/t24-/m1/s1. The van der Waals surface area contributed by atoms with Gasteiger partial charge in [0.25, 0.3) is 0 Å². The largest absolute Gasteiger partial charge is 0.468 e. The van der Waals surface area contributed by atoms with Gasteiger partial charge in [0.05, 0.1) is 0 Å². The number of alkyl halides is 3. The van der Waals surface area contributed by atoms with Crippen LogP contribution in [0.4, 0.5) is 23.7 Å². The normalized spacial score (nSPS) is 13.2. The second-order valence-corrected chi connectivity index (χ2v) is 8.15. The fourth-order valence-corrected chi connectivity index (χ4v) is 2.36. The van der Waals surface area contributed by atoms with Gasteiger partial charge in [0.1, 0.15) is 0 Å². The van der Waals surface area contributed by atoms with Crippen LogP contribution < -0.4 is 15.4 Å². The van der Waals surface area contributed by atoms with Crippen LogP contribution >= 0.6 is 0 Å². The maximum absolute atomic E-state index is 12.1. The van der Waals surface area contributed by atoms with Crippen molar-refractivity contribution in [3.63, 3.8) is 0 Å². The van der Waals surface area contributed by atoms with Crippen molar-refractivity contribution in [2.24, 2.45) is 0 Å². The van der Waals surface area contributed by atoms with Gasteiger partial charge in [0.2, 0.25) is 5.88 Å². The first kappa shape index (κ1) is 20.2. The summed E-state index contributed by atoms with van der Waals surface area (Å²) in [5, 5.41) is 4.97. The second kappa shape index (κ2) is 8.32. The number of rotatable bonds is 6. The number of carbonyl (C=O) groups excluding carboxylic acids is 1. The molecular formula is C14H20F3N3O3S. The predicted molar refractivity (Wildman–Crippen MR) is 85.6 cm³/mol. The molecule has 6 nitrogen and oxygen atoms in total. The number of ether oxygens (including phenoxy) is 1. The van der Waals surface area contributed by atoms with Gasteiger partial charge in [-0.3, -0.25) is 4.21 Å². The van der Waals surface area contributed by atoms with Crippen LogP contribution in [0, 0.1) is 0 Å². The van der Waals surface area contributed by atoms with Gasteiger partial charge in [-0.2, -0.15) is 13.2 Å². The topological polar surface area (TPSA) is 80.3 Å². The van der Waals surface area contributed by atoms with Crippen LogP contribution in [0.25, 0.3) is 0 Å². The molecular weight excluding hydrogens is 347 g/mol.